The lowest BCUT2D eigenvalue weighted by Crippen LogP contribution is -2.47. The fourth-order valence-electron chi connectivity index (χ4n) is 7.07. The molecular formula is C45H86N2O7. The molecule has 0 aliphatic heterocycles. The number of carbonyl (C=O) groups excluding carboxylic acids is 3. The summed E-state index contributed by atoms with van der Waals surface area (Å²) in [6, 6.07) is -1.38. The van der Waals surface area contributed by atoms with Crippen LogP contribution in [0, 0.1) is 0 Å². The van der Waals surface area contributed by atoms with Gasteiger partial charge in [-0.05, 0) is 38.5 Å². The number of aliphatic hydroxyl groups excluding tert-OH is 1. The van der Waals surface area contributed by atoms with Gasteiger partial charge in [-0.1, -0.05) is 187 Å². The number of amides is 2. The molecule has 0 heterocycles. The highest BCUT2D eigenvalue weighted by Gasteiger charge is 2.19. The van der Waals surface area contributed by atoms with Crippen molar-refractivity contribution in [2.45, 2.75) is 251 Å². The minimum atomic E-state index is -1.38. The van der Waals surface area contributed by atoms with E-state index in [4.69, 9.17) is 14.9 Å². The Hall–Kier alpha value is -2.16. The lowest BCUT2D eigenvalue weighted by Gasteiger charge is -2.18. The number of carbonyl (C=O) groups is 4. The first-order valence-corrected chi connectivity index (χ1v) is 22.9. The van der Waals surface area contributed by atoms with Crippen LogP contribution in [0.5, 0.6) is 0 Å². The second kappa shape index (κ2) is 40.5. The number of hydrogen-bond acceptors (Lipinski definition) is 6. The van der Waals surface area contributed by atoms with Gasteiger partial charge in [0.05, 0.1) is 13.2 Å². The monoisotopic (exact) mass is 767 g/mol. The van der Waals surface area contributed by atoms with Gasteiger partial charge < -0.3 is 25.6 Å². The van der Waals surface area contributed by atoms with Gasteiger partial charge in [0, 0.05) is 12.8 Å². The minimum Gasteiger partial charge on any atom is -0.480 e. The van der Waals surface area contributed by atoms with Crippen LogP contribution in [0.15, 0.2) is 0 Å². The van der Waals surface area contributed by atoms with Gasteiger partial charge in [-0.2, -0.15) is 0 Å². The Kier molecular flexibility index (Phi) is 38.9. The maximum absolute atomic E-state index is 12.8. The second-order valence-electron chi connectivity index (χ2n) is 15.9. The first-order valence-electron chi connectivity index (χ1n) is 22.9. The summed E-state index contributed by atoms with van der Waals surface area (Å²) in [6.45, 7) is 3.51. The number of ether oxygens (including phenoxy) is 1. The summed E-state index contributed by atoms with van der Waals surface area (Å²) in [6.07, 6.45) is 41.3. The van der Waals surface area contributed by atoms with Crippen LogP contribution < -0.4 is 10.6 Å². The van der Waals surface area contributed by atoms with E-state index in [0.717, 1.165) is 57.8 Å². The van der Waals surface area contributed by atoms with Gasteiger partial charge in [0.2, 0.25) is 11.8 Å². The van der Waals surface area contributed by atoms with Crippen LogP contribution in [-0.2, 0) is 23.9 Å². The van der Waals surface area contributed by atoms with E-state index in [1.807, 2.05) is 0 Å². The fraction of sp³-hybridized carbons (Fsp3) is 0.911. The molecule has 0 rings (SSSR count). The van der Waals surface area contributed by atoms with Crippen LogP contribution in [0.3, 0.4) is 0 Å². The van der Waals surface area contributed by atoms with Crippen molar-refractivity contribution >= 4 is 23.8 Å². The Morgan fingerprint density at radius 3 is 1.20 bits per heavy atom. The number of rotatable bonds is 42. The molecule has 0 fully saturated rings. The van der Waals surface area contributed by atoms with Gasteiger partial charge in [0.15, 0.2) is 0 Å². The van der Waals surface area contributed by atoms with Crippen molar-refractivity contribution in [3.8, 4) is 0 Å². The maximum atomic E-state index is 12.8. The van der Waals surface area contributed by atoms with E-state index in [1.54, 1.807) is 0 Å². The molecule has 9 heteroatoms. The highest BCUT2D eigenvalue weighted by Crippen LogP contribution is 2.19. The van der Waals surface area contributed by atoms with Gasteiger partial charge in [0.25, 0.3) is 0 Å². The molecule has 0 saturated carbocycles. The summed E-state index contributed by atoms with van der Waals surface area (Å²) in [5.74, 6) is -2.27. The average Bonchev–Trinajstić information content (AvgIpc) is 3.15. The van der Waals surface area contributed by atoms with Crippen molar-refractivity contribution in [3.63, 3.8) is 0 Å². The first kappa shape index (κ1) is 51.8. The number of unbranched alkanes of at least 4 members (excludes halogenated alkanes) is 28. The Morgan fingerprint density at radius 1 is 0.481 bits per heavy atom. The van der Waals surface area contributed by atoms with Crippen molar-refractivity contribution in [2.75, 3.05) is 13.2 Å². The van der Waals surface area contributed by atoms with E-state index in [9.17, 15) is 19.2 Å². The predicted molar refractivity (Wildman–Crippen MR) is 222 cm³/mol. The van der Waals surface area contributed by atoms with Gasteiger partial charge in [0.1, 0.15) is 12.1 Å². The molecule has 318 valence electrons. The van der Waals surface area contributed by atoms with Crippen LogP contribution in [0.2, 0.25) is 0 Å². The number of nitrogens with one attached hydrogen (secondary N) is 2. The molecule has 0 aromatic heterocycles. The molecule has 54 heavy (non-hydrogen) atoms. The zero-order chi connectivity index (χ0) is 39.7. The van der Waals surface area contributed by atoms with E-state index in [1.165, 1.54) is 148 Å². The van der Waals surface area contributed by atoms with Gasteiger partial charge >= 0.3 is 11.9 Å². The van der Waals surface area contributed by atoms with E-state index in [0.29, 0.717) is 19.3 Å². The van der Waals surface area contributed by atoms with Crippen LogP contribution in [0.1, 0.15) is 239 Å². The molecule has 0 aromatic carbocycles. The maximum Gasteiger partial charge on any atom is 0.328 e. The molecule has 0 bridgehead atoms. The number of carboxylic acids is 1. The second-order valence-corrected chi connectivity index (χ2v) is 15.9. The van der Waals surface area contributed by atoms with Crippen molar-refractivity contribution in [1.82, 2.24) is 10.6 Å². The summed E-state index contributed by atoms with van der Waals surface area (Å²) in [7, 11) is 0. The molecule has 2 amide bonds. The largest absolute Gasteiger partial charge is 0.480 e. The number of esters is 1. The third-order valence-corrected chi connectivity index (χ3v) is 10.6. The molecule has 0 aliphatic carbocycles. The van der Waals surface area contributed by atoms with E-state index in [-0.39, 0.29) is 24.5 Å². The molecule has 2 atom stereocenters. The van der Waals surface area contributed by atoms with Crippen molar-refractivity contribution < 1.29 is 34.1 Å². The van der Waals surface area contributed by atoms with Crippen molar-refractivity contribution in [3.05, 3.63) is 0 Å². The van der Waals surface area contributed by atoms with E-state index < -0.39 is 24.5 Å². The Bertz CT molecular complexity index is 884. The Morgan fingerprint density at radius 2 is 0.833 bits per heavy atom. The van der Waals surface area contributed by atoms with Crippen LogP contribution >= 0.6 is 0 Å². The van der Waals surface area contributed by atoms with Crippen molar-refractivity contribution in [2.24, 2.45) is 0 Å². The highest BCUT2D eigenvalue weighted by molar-refractivity contribution is 5.87. The first-order chi connectivity index (χ1) is 26.3. The molecule has 0 aliphatic rings. The lowest BCUT2D eigenvalue weighted by atomic mass is 10.0. The quantitative estimate of drug-likeness (QED) is 0.0358. The fourth-order valence-corrected chi connectivity index (χ4v) is 7.07. The molecule has 0 saturated heterocycles. The molecule has 0 radical (unpaired) electrons. The normalized spacial score (nSPS) is 12.4. The third-order valence-electron chi connectivity index (χ3n) is 10.6. The summed E-state index contributed by atoms with van der Waals surface area (Å²) < 4.78 is 6.04. The van der Waals surface area contributed by atoms with Crippen LogP contribution in [-0.4, -0.2) is 59.3 Å². The van der Waals surface area contributed by atoms with E-state index in [2.05, 4.69) is 24.5 Å². The van der Waals surface area contributed by atoms with Crippen LogP contribution in [0.25, 0.3) is 0 Å². The SMILES string of the molecule is CCCCCCCCCCCCCCCCC(CCCCCCCC(=O)NCC(=O)NC(CO)C(=O)O)OC(=O)CCCCCCCCCCCCCC. The molecule has 0 aromatic rings. The molecule has 9 nitrogen and oxygen atoms in total. The summed E-state index contributed by atoms with van der Waals surface area (Å²) >= 11 is 0. The third kappa shape index (κ3) is 36.8. The molecular weight excluding hydrogens is 681 g/mol. The standard InChI is InChI=1S/C45H86N2O7/c1-3-5-7-9-11-13-15-17-18-19-21-23-26-30-34-40(54-44(51)37-33-29-24-22-20-16-14-12-10-8-6-4-2)35-31-27-25-28-32-36-42(49)46-38-43(50)47-41(39-48)45(52)53/h40-41,48H,3-39H2,1-2H3,(H,46,49)(H,47,50)(H,52,53). The van der Waals surface area contributed by atoms with Gasteiger partial charge in [-0.3, -0.25) is 14.4 Å². The zero-order valence-corrected chi connectivity index (χ0v) is 35.3. The van der Waals surface area contributed by atoms with E-state index >= 15 is 0 Å². The average molecular weight is 767 g/mol. The number of hydrogen-bond donors (Lipinski definition) is 4. The lowest BCUT2D eigenvalue weighted by molar-refractivity contribution is -0.150. The number of aliphatic hydroxyl groups is 1. The summed E-state index contributed by atoms with van der Waals surface area (Å²) in [4.78, 5) is 47.6. The summed E-state index contributed by atoms with van der Waals surface area (Å²) in [5.41, 5.74) is 0. The highest BCUT2D eigenvalue weighted by atomic mass is 16.5. The molecule has 4 N–H and O–H groups in total. The van der Waals surface area contributed by atoms with Crippen LogP contribution in [0.4, 0.5) is 0 Å². The predicted octanol–water partition coefficient (Wildman–Crippen LogP) is 11.3. The Balaban J connectivity index is 4.28. The number of carboxylic acid groups (broad SMARTS) is 1. The minimum absolute atomic E-state index is 0.00404. The zero-order valence-electron chi connectivity index (χ0n) is 35.3. The molecule has 2 unspecified atom stereocenters. The topological polar surface area (TPSA) is 142 Å². The molecule has 0 spiro atoms. The number of aliphatic carboxylic acids is 1. The van der Waals surface area contributed by atoms with Gasteiger partial charge in [-0.15, -0.1) is 0 Å². The smallest absolute Gasteiger partial charge is 0.328 e. The Labute approximate surface area is 331 Å². The summed E-state index contributed by atoms with van der Waals surface area (Å²) in [5, 5.41) is 22.6. The van der Waals surface area contributed by atoms with Crippen molar-refractivity contribution in [1.29, 1.82) is 0 Å². The van der Waals surface area contributed by atoms with Gasteiger partial charge in [-0.25, -0.2) is 4.79 Å².